The number of hydrogen-bond acceptors (Lipinski definition) is 4. The fraction of sp³-hybridized carbons (Fsp3) is 0.0769. The minimum Gasteiger partial charge on any atom is -0.454 e. The van der Waals surface area contributed by atoms with E-state index in [1.165, 1.54) is 0 Å². The van der Waals surface area contributed by atoms with Gasteiger partial charge in [0.25, 0.3) is 5.91 Å². The molecule has 7 heteroatoms. The van der Waals surface area contributed by atoms with Gasteiger partial charge in [-0.15, -0.1) is 0 Å². The zero-order chi connectivity index (χ0) is 14.1. The zero-order valence-electron chi connectivity index (χ0n) is 10.0. The van der Waals surface area contributed by atoms with Crippen LogP contribution < -0.4 is 14.8 Å². The van der Waals surface area contributed by atoms with Crippen LogP contribution >= 0.6 is 27.5 Å². The summed E-state index contributed by atoms with van der Waals surface area (Å²) in [6.07, 6.45) is 1.59. The van der Waals surface area contributed by atoms with Crippen molar-refractivity contribution < 1.29 is 14.3 Å². The Morgan fingerprint density at radius 2 is 2.10 bits per heavy atom. The Labute approximate surface area is 128 Å². The molecule has 1 amide bonds. The van der Waals surface area contributed by atoms with Crippen LogP contribution in [0.25, 0.3) is 0 Å². The Balaban J connectivity index is 1.88. The highest BCUT2D eigenvalue weighted by molar-refractivity contribution is 9.10. The number of carbonyl (C=O) groups is 1. The van der Waals surface area contributed by atoms with Crippen molar-refractivity contribution in [2.24, 2.45) is 0 Å². The van der Waals surface area contributed by atoms with Crippen LogP contribution in [0, 0.1) is 0 Å². The second-order valence-corrected chi connectivity index (χ2v) is 5.14. The van der Waals surface area contributed by atoms with Crippen molar-refractivity contribution in [2.75, 3.05) is 12.1 Å². The van der Waals surface area contributed by atoms with Gasteiger partial charge in [-0.2, -0.15) is 0 Å². The molecule has 1 aromatic carbocycles. The van der Waals surface area contributed by atoms with Crippen molar-refractivity contribution in [1.82, 2.24) is 4.98 Å². The zero-order valence-corrected chi connectivity index (χ0v) is 12.4. The number of halogens is 2. The lowest BCUT2D eigenvalue weighted by atomic mass is 10.2. The maximum Gasteiger partial charge on any atom is 0.258 e. The highest BCUT2D eigenvalue weighted by Gasteiger charge is 2.18. The number of benzene rings is 1. The molecule has 3 rings (SSSR count). The van der Waals surface area contributed by atoms with Gasteiger partial charge < -0.3 is 14.8 Å². The van der Waals surface area contributed by atoms with Crippen molar-refractivity contribution in [3.8, 4) is 11.5 Å². The van der Waals surface area contributed by atoms with Crippen LogP contribution in [-0.4, -0.2) is 17.7 Å². The van der Waals surface area contributed by atoms with Crippen LogP contribution in [0.2, 0.25) is 5.02 Å². The summed E-state index contributed by atoms with van der Waals surface area (Å²) in [5.74, 6) is 0.802. The smallest absolute Gasteiger partial charge is 0.258 e. The van der Waals surface area contributed by atoms with E-state index in [9.17, 15) is 4.79 Å². The quantitative estimate of drug-likeness (QED) is 0.838. The first-order valence-electron chi connectivity index (χ1n) is 5.66. The Bertz CT molecular complexity index is 693. The third kappa shape index (κ3) is 2.44. The van der Waals surface area contributed by atoms with Crippen molar-refractivity contribution in [1.29, 1.82) is 0 Å². The molecule has 0 spiro atoms. The maximum absolute atomic E-state index is 12.2. The Kier molecular flexibility index (Phi) is 3.50. The predicted molar refractivity (Wildman–Crippen MR) is 77.5 cm³/mol. The molecule has 0 unspecified atom stereocenters. The summed E-state index contributed by atoms with van der Waals surface area (Å²) < 4.78 is 10.9. The molecule has 1 aromatic heterocycles. The molecule has 2 aromatic rings. The van der Waals surface area contributed by atoms with Crippen LogP contribution in [0.1, 0.15) is 10.4 Å². The van der Waals surface area contributed by atoms with E-state index in [2.05, 4.69) is 26.2 Å². The van der Waals surface area contributed by atoms with E-state index >= 15 is 0 Å². The number of pyridine rings is 1. The molecule has 1 aliphatic heterocycles. The lowest BCUT2D eigenvalue weighted by molar-refractivity contribution is 0.102. The van der Waals surface area contributed by atoms with Crippen LogP contribution in [0.15, 0.2) is 35.1 Å². The van der Waals surface area contributed by atoms with Gasteiger partial charge in [-0.05, 0) is 28.1 Å². The van der Waals surface area contributed by atoms with E-state index in [-0.39, 0.29) is 12.7 Å². The Hall–Kier alpha value is -1.79. The molecule has 2 heterocycles. The molecule has 102 valence electrons. The summed E-state index contributed by atoms with van der Waals surface area (Å²) in [6, 6.07) is 6.58. The molecular formula is C13H8BrClN2O3. The summed E-state index contributed by atoms with van der Waals surface area (Å²) >= 11 is 9.33. The predicted octanol–water partition coefficient (Wildman–Crippen LogP) is 3.48. The van der Waals surface area contributed by atoms with Gasteiger partial charge in [-0.25, -0.2) is 4.98 Å². The molecule has 0 radical (unpaired) electrons. The van der Waals surface area contributed by atoms with E-state index in [1.54, 1.807) is 30.5 Å². The summed E-state index contributed by atoms with van der Waals surface area (Å²) in [4.78, 5) is 16.2. The van der Waals surface area contributed by atoms with Crippen LogP contribution in [-0.2, 0) is 0 Å². The van der Waals surface area contributed by atoms with Crippen molar-refractivity contribution in [2.45, 2.75) is 0 Å². The molecule has 0 saturated carbocycles. The third-order valence-corrected chi connectivity index (χ3v) is 3.66. The molecule has 1 N–H and O–H groups in total. The fourth-order valence-electron chi connectivity index (χ4n) is 1.76. The molecule has 0 atom stereocenters. The Morgan fingerprint density at radius 1 is 1.35 bits per heavy atom. The SMILES string of the molecule is O=C(Nc1cc2c(cc1Cl)OCO2)c1cccnc1Br. The first-order chi connectivity index (χ1) is 9.65. The number of ether oxygens (including phenoxy) is 2. The lowest BCUT2D eigenvalue weighted by Crippen LogP contribution is -2.13. The number of anilines is 1. The topological polar surface area (TPSA) is 60.5 Å². The van der Waals surface area contributed by atoms with E-state index in [1.807, 2.05) is 0 Å². The largest absolute Gasteiger partial charge is 0.454 e. The van der Waals surface area contributed by atoms with Gasteiger partial charge in [0.05, 0.1) is 16.3 Å². The van der Waals surface area contributed by atoms with E-state index in [0.29, 0.717) is 32.4 Å². The summed E-state index contributed by atoms with van der Waals surface area (Å²) in [6.45, 7) is 0.150. The van der Waals surface area contributed by atoms with Gasteiger partial charge in [-0.1, -0.05) is 11.6 Å². The van der Waals surface area contributed by atoms with E-state index < -0.39 is 0 Å². The minimum atomic E-state index is -0.314. The second-order valence-electron chi connectivity index (χ2n) is 3.98. The molecule has 0 saturated heterocycles. The standard InChI is InChI=1S/C13H8BrClN2O3/c14-12-7(2-1-3-16-12)13(18)17-9-5-11-10(4-8(9)15)19-6-20-11/h1-5H,6H2,(H,17,18). The number of amides is 1. The van der Waals surface area contributed by atoms with Gasteiger partial charge in [0, 0.05) is 18.3 Å². The number of nitrogens with zero attached hydrogens (tertiary/aromatic N) is 1. The number of aromatic nitrogens is 1. The number of hydrogen-bond donors (Lipinski definition) is 1. The maximum atomic E-state index is 12.2. The van der Waals surface area contributed by atoms with Gasteiger partial charge in [0.1, 0.15) is 4.60 Å². The van der Waals surface area contributed by atoms with Crippen LogP contribution in [0.5, 0.6) is 11.5 Å². The monoisotopic (exact) mass is 354 g/mol. The number of fused-ring (bicyclic) bond motifs is 1. The lowest BCUT2D eigenvalue weighted by Gasteiger charge is -2.09. The third-order valence-electron chi connectivity index (χ3n) is 2.71. The van der Waals surface area contributed by atoms with Crippen LogP contribution in [0.4, 0.5) is 5.69 Å². The molecule has 20 heavy (non-hydrogen) atoms. The van der Waals surface area contributed by atoms with E-state index in [0.717, 1.165) is 0 Å². The van der Waals surface area contributed by atoms with Gasteiger partial charge >= 0.3 is 0 Å². The van der Waals surface area contributed by atoms with E-state index in [4.69, 9.17) is 21.1 Å². The fourth-order valence-corrected chi connectivity index (χ4v) is 2.39. The average Bonchev–Trinajstić information content (AvgIpc) is 2.86. The van der Waals surface area contributed by atoms with Crippen molar-refractivity contribution in [3.05, 3.63) is 45.7 Å². The molecule has 0 fully saturated rings. The van der Waals surface area contributed by atoms with Crippen LogP contribution in [0.3, 0.4) is 0 Å². The Morgan fingerprint density at radius 3 is 2.85 bits per heavy atom. The summed E-state index contributed by atoms with van der Waals surface area (Å²) in [5, 5.41) is 3.10. The number of rotatable bonds is 2. The van der Waals surface area contributed by atoms with Gasteiger partial charge in [0.15, 0.2) is 11.5 Å². The first kappa shape index (κ1) is 13.2. The van der Waals surface area contributed by atoms with Gasteiger partial charge in [0.2, 0.25) is 6.79 Å². The number of nitrogens with one attached hydrogen (secondary N) is 1. The first-order valence-corrected chi connectivity index (χ1v) is 6.83. The molecule has 1 aliphatic rings. The minimum absolute atomic E-state index is 0.150. The van der Waals surface area contributed by atoms with Crippen molar-refractivity contribution in [3.63, 3.8) is 0 Å². The average molecular weight is 356 g/mol. The normalized spacial score (nSPS) is 12.3. The highest BCUT2D eigenvalue weighted by Crippen LogP contribution is 2.39. The number of carbonyl (C=O) groups excluding carboxylic acids is 1. The highest BCUT2D eigenvalue weighted by atomic mass is 79.9. The summed E-state index contributed by atoms with van der Waals surface area (Å²) in [5.41, 5.74) is 0.873. The van der Waals surface area contributed by atoms with Gasteiger partial charge in [-0.3, -0.25) is 4.79 Å². The molecule has 5 nitrogen and oxygen atoms in total. The second kappa shape index (κ2) is 5.30. The summed E-state index contributed by atoms with van der Waals surface area (Å²) in [7, 11) is 0. The van der Waals surface area contributed by atoms with Crippen molar-refractivity contribution >= 4 is 39.1 Å². The molecule has 0 bridgehead atoms. The molecular weight excluding hydrogens is 348 g/mol. The molecule has 0 aliphatic carbocycles.